The topological polar surface area (TPSA) is 132 Å². The van der Waals surface area contributed by atoms with Crippen molar-refractivity contribution in [3.05, 3.63) is 0 Å². The monoisotopic (exact) mass is 240 g/mol. The van der Waals surface area contributed by atoms with Crippen LogP contribution in [0, 0.1) is 0 Å². The third kappa shape index (κ3) is 1.04. The zero-order valence-electron chi connectivity index (χ0n) is 6.37. The highest BCUT2D eigenvalue weighted by molar-refractivity contribution is 6.29. The van der Waals surface area contributed by atoms with Gasteiger partial charge in [-0.15, -0.1) is 0 Å². The molecule has 0 spiro atoms. The highest BCUT2D eigenvalue weighted by Crippen LogP contribution is 2.38. The maximum absolute atomic E-state index is 10.7. The van der Waals surface area contributed by atoms with E-state index < -0.39 is 36.4 Å². The molecule has 0 aliphatic carbocycles. The van der Waals surface area contributed by atoms with Crippen LogP contribution in [0.4, 0.5) is 0 Å². The normalized spacial score (nSPS) is 38.9. The number of aliphatic hydroxyl groups excluding tert-OH is 1. The molecule has 0 aromatic heterocycles. The van der Waals surface area contributed by atoms with Crippen LogP contribution in [0.15, 0.2) is 0 Å². The summed E-state index contributed by atoms with van der Waals surface area (Å²) in [6.07, 6.45) is -2.12. The molecule has 3 N–H and O–H groups in total. The van der Waals surface area contributed by atoms with E-state index in [2.05, 4.69) is 17.7 Å². The average Bonchev–Trinajstić information content (AvgIpc) is 2.24. The van der Waals surface area contributed by atoms with E-state index >= 15 is 0 Å². The van der Waals surface area contributed by atoms with Crippen molar-refractivity contribution in [2.24, 2.45) is 0 Å². The van der Waals surface area contributed by atoms with E-state index in [0.29, 0.717) is 0 Å². The van der Waals surface area contributed by atoms with Gasteiger partial charge in [-0.25, -0.2) is 0 Å². The van der Waals surface area contributed by atoms with Crippen molar-refractivity contribution < 1.29 is 41.9 Å². The fraction of sp³-hybridized carbons (Fsp3) is 1.00. The molecular weight excluding hydrogens is 236 g/mol. The van der Waals surface area contributed by atoms with Crippen LogP contribution >= 0.6 is 0 Å². The van der Waals surface area contributed by atoms with E-state index in [1.165, 1.54) is 0 Å². The summed E-state index contributed by atoms with van der Waals surface area (Å²) in [7, 11) is -6.06. The van der Waals surface area contributed by atoms with Gasteiger partial charge in [0.2, 0.25) is 0 Å². The minimum atomic E-state index is -3.15. The fourth-order valence-electron chi connectivity index (χ4n) is 0.973. The molecule has 0 aromatic rings. The number of aliphatic hydroxyl groups is 3. The first-order valence-corrected chi connectivity index (χ1v) is 5.77. The average molecular weight is 240 g/mol. The van der Waals surface area contributed by atoms with Gasteiger partial charge < -0.3 is 33.0 Å². The molecule has 0 aromatic carbocycles. The zero-order chi connectivity index (χ0) is 10.6. The molecule has 2 fully saturated rings. The minimum absolute atomic E-state index is 2.12. The van der Waals surface area contributed by atoms with Crippen molar-refractivity contribution in [3.63, 3.8) is 0 Å². The Kier molecular flexibility index (Phi) is 1.78. The van der Waals surface area contributed by atoms with Crippen molar-refractivity contribution >= 4 is 18.3 Å². The van der Waals surface area contributed by atoms with Gasteiger partial charge in [-0.2, -0.15) is 0 Å². The first-order valence-electron chi connectivity index (χ1n) is 3.32. The summed E-state index contributed by atoms with van der Waals surface area (Å²) in [6.45, 7) is 0. The van der Waals surface area contributed by atoms with Crippen LogP contribution in [0.1, 0.15) is 0 Å². The van der Waals surface area contributed by atoms with Gasteiger partial charge in [-0.3, -0.25) is 8.92 Å². The lowest BCUT2D eigenvalue weighted by Crippen LogP contribution is -2.70. The summed E-state index contributed by atoms with van der Waals surface area (Å²) in [5.74, 6) is -5.68. The molecule has 2 aliphatic rings. The second kappa shape index (κ2) is 2.57. The number of hydrogen-bond acceptors (Lipinski definition) is 9. The van der Waals surface area contributed by atoms with Crippen LogP contribution in [0.25, 0.3) is 0 Å². The van der Waals surface area contributed by atoms with Crippen LogP contribution in [0.5, 0.6) is 0 Å². The molecule has 9 nitrogen and oxygen atoms in total. The van der Waals surface area contributed by atoms with Crippen molar-refractivity contribution in [2.45, 2.75) is 18.1 Å². The summed E-state index contributed by atoms with van der Waals surface area (Å²) in [4.78, 5) is 0. The van der Waals surface area contributed by atoms with Crippen LogP contribution in [-0.2, 0) is 26.6 Å². The molecule has 14 heavy (non-hydrogen) atoms. The molecule has 2 aliphatic heterocycles. The van der Waals surface area contributed by atoms with Gasteiger partial charge >= 0.3 is 30.1 Å². The second-order valence-corrected chi connectivity index (χ2v) is 4.40. The molecular formula is C3H4O9Si2. The molecule has 2 heterocycles. The summed E-state index contributed by atoms with van der Waals surface area (Å²) in [5, 5.41) is 27.7. The minimum Gasteiger partial charge on any atom is -0.463 e. The van der Waals surface area contributed by atoms with Crippen molar-refractivity contribution in [1.82, 2.24) is 0 Å². The maximum atomic E-state index is 10.7. The summed E-state index contributed by atoms with van der Waals surface area (Å²) in [6, 6.07) is 0. The smallest absolute Gasteiger partial charge is 0.463 e. The Labute approximate surface area is 79.2 Å². The van der Waals surface area contributed by atoms with Crippen molar-refractivity contribution in [2.75, 3.05) is 0 Å². The molecule has 78 valence electrons. The number of rotatable bonds is 1. The molecule has 2 rings (SSSR count). The Morgan fingerprint density at radius 3 is 2.00 bits per heavy atom. The third-order valence-electron chi connectivity index (χ3n) is 1.68. The maximum Gasteiger partial charge on any atom is 0.776 e. The first kappa shape index (κ1) is 9.66. The Morgan fingerprint density at radius 2 is 1.64 bits per heavy atom. The second-order valence-electron chi connectivity index (χ2n) is 2.55. The van der Waals surface area contributed by atoms with Crippen LogP contribution in [0.3, 0.4) is 0 Å². The zero-order valence-corrected chi connectivity index (χ0v) is 8.37. The van der Waals surface area contributed by atoms with Gasteiger partial charge in [0.15, 0.2) is 0 Å². The quantitative estimate of drug-likeness (QED) is 0.400. The van der Waals surface area contributed by atoms with Gasteiger partial charge in [0.05, 0.1) is 0 Å². The SMILES string of the molecule is O=[Si]1OC(O)(C2(O)O[Si](=O)OC2O)O1. The van der Waals surface area contributed by atoms with Crippen molar-refractivity contribution in [3.8, 4) is 0 Å². The highest BCUT2D eigenvalue weighted by atomic mass is 28.3. The Morgan fingerprint density at radius 1 is 1.07 bits per heavy atom. The molecule has 2 atom stereocenters. The van der Waals surface area contributed by atoms with Crippen LogP contribution in [0.2, 0.25) is 0 Å². The summed E-state index contributed by atoms with van der Waals surface area (Å²) in [5.41, 5.74) is 0. The highest BCUT2D eigenvalue weighted by Gasteiger charge is 2.75. The summed E-state index contributed by atoms with van der Waals surface area (Å²) >= 11 is 0. The van der Waals surface area contributed by atoms with E-state index in [1.54, 1.807) is 0 Å². The number of hydrogen-bond donors (Lipinski definition) is 3. The first-order chi connectivity index (χ1) is 6.37. The molecule has 2 unspecified atom stereocenters. The van der Waals surface area contributed by atoms with Gasteiger partial charge in [-0.1, -0.05) is 0 Å². The predicted octanol–water partition coefficient (Wildman–Crippen LogP) is -3.44. The van der Waals surface area contributed by atoms with E-state index in [-0.39, 0.29) is 0 Å². The Hall–Kier alpha value is -0.886. The van der Waals surface area contributed by atoms with Gasteiger partial charge in [0.1, 0.15) is 0 Å². The van der Waals surface area contributed by atoms with Gasteiger partial charge in [-0.05, 0) is 0 Å². The van der Waals surface area contributed by atoms with Crippen LogP contribution in [-0.4, -0.2) is 51.7 Å². The third-order valence-corrected chi connectivity index (χ3v) is 3.46. The molecule has 11 heteroatoms. The van der Waals surface area contributed by atoms with Gasteiger partial charge in [0, 0.05) is 0 Å². The lowest BCUT2D eigenvalue weighted by Gasteiger charge is -2.42. The fourth-order valence-corrected chi connectivity index (χ4v) is 2.61. The Balaban J connectivity index is 2.24. The lowest BCUT2D eigenvalue weighted by atomic mass is 10.2. The van der Waals surface area contributed by atoms with E-state index in [0.717, 1.165) is 0 Å². The van der Waals surface area contributed by atoms with Gasteiger partial charge in [0.25, 0.3) is 6.29 Å². The summed E-state index contributed by atoms with van der Waals surface area (Å²) < 4.78 is 37.8. The van der Waals surface area contributed by atoms with Crippen molar-refractivity contribution in [1.29, 1.82) is 0 Å². The van der Waals surface area contributed by atoms with E-state index in [9.17, 15) is 19.1 Å². The molecule has 0 amide bonds. The molecule has 0 saturated carbocycles. The largest absolute Gasteiger partial charge is 0.776 e. The van der Waals surface area contributed by atoms with Crippen LogP contribution < -0.4 is 0 Å². The molecule has 2 saturated heterocycles. The molecule has 0 bridgehead atoms. The Bertz CT molecular complexity index is 307. The van der Waals surface area contributed by atoms with E-state index in [1.807, 2.05) is 0 Å². The van der Waals surface area contributed by atoms with E-state index in [4.69, 9.17) is 5.11 Å². The lowest BCUT2D eigenvalue weighted by molar-refractivity contribution is -0.480. The standard InChI is InChI=1S/C3H4O9Si2/c4-1-2(5,10-13(7)9-1)3(6)11-14(8)12-3/h1,4-6H. The molecule has 0 radical (unpaired) electrons. The predicted molar refractivity (Wildman–Crippen MR) is 33.1 cm³/mol.